The Kier molecular flexibility index (Phi) is 4.07. The van der Waals surface area contributed by atoms with Gasteiger partial charge in [-0.2, -0.15) is 0 Å². The van der Waals surface area contributed by atoms with Gasteiger partial charge in [0, 0.05) is 23.6 Å². The Labute approximate surface area is 123 Å². The lowest BCUT2D eigenvalue weighted by Gasteiger charge is -2.29. The lowest BCUT2D eigenvalue weighted by molar-refractivity contribution is -0.118. The molecule has 3 heteroatoms. The molecule has 1 aliphatic heterocycles. The highest BCUT2D eigenvalue weighted by Crippen LogP contribution is 2.34. The Morgan fingerprint density at radius 2 is 1.80 bits per heavy atom. The number of nitrogens with zero attached hydrogens (tertiary/aromatic N) is 1. The summed E-state index contributed by atoms with van der Waals surface area (Å²) in [6.07, 6.45) is 1.38. The number of fused-ring (bicyclic) bond motifs is 1. The van der Waals surface area contributed by atoms with Crippen LogP contribution in [0.25, 0.3) is 0 Å². The van der Waals surface area contributed by atoms with Crippen molar-refractivity contribution in [1.82, 2.24) is 0 Å². The molecule has 0 unspecified atom stereocenters. The SMILES string of the molecule is O=C(CCc1ccccc1)N1CCSc2ccccc21. The summed E-state index contributed by atoms with van der Waals surface area (Å²) in [6.45, 7) is 0.815. The minimum Gasteiger partial charge on any atom is -0.310 e. The fourth-order valence-electron chi connectivity index (χ4n) is 2.46. The molecule has 102 valence electrons. The maximum Gasteiger partial charge on any atom is 0.227 e. The molecule has 0 aromatic heterocycles. The molecule has 0 N–H and O–H groups in total. The van der Waals surface area contributed by atoms with Gasteiger partial charge in [0.25, 0.3) is 0 Å². The number of rotatable bonds is 3. The zero-order chi connectivity index (χ0) is 13.8. The van der Waals surface area contributed by atoms with Gasteiger partial charge in [-0.15, -0.1) is 11.8 Å². The highest BCUT2D eigenvalue weighted by molar-refractivity contribution is 7.99. The number of aryl methyl sites for hydroxylation is 1. The molecule has 1 heterocycles. The van der Waals surface area contributed by atoms with E-state index in [1.807, 2.05) is 53.1 Å². The number of anilines is 1. The first kappa shape index (κ1) is 13.3. The number of hydrogen-bond donors (Lipinski definition) is 0. The number of carbonyl (C=O) groups is 1. The maximum atomic E-state index is 12.5. The average Bonchev–Trinajstić information content (AvgIpc) is 2.53. The van der Waals surface area contributed by atoms with Gasteiger partial charge in [-0.05, 0) is 24.1 Å². The topological polar surface area (TPSA) is 20.3 Å². The van der Waals surface area contributed by atoms with Gasteiger partial charge in [-0.1, -0.05) is 42.5 Å². The number of benzene rings is 2. The van der Waals surface area contributed by atoms with Gasteiger partial charge in [0.05, 0.1) is 5.69 Å². The quantitative estimate of drug-likeness (QED) is 0.855. The second kappa shape index (κ2) is 6.14. The van der Waals surface area contributed by atoms with Crippen molar-refractivity contribution in [3.63, 3.8) is 0 Å². The zero-order valence-electron chi connectivity index (χ0n) is 11.3. The molecular formula is C17H17NOS. The lowest BCUT2D eigenvalue weighted by Crippen LogP contribution is -2.35. The van der Waals surface area contributed by atoms with Crippen molar-refractivity contribution in [2.75, 3.05) is 17.2 Å². The minimum atomic E-state index is 0.224. The van der Waals surface area contributed by atoms with Gasteiger partial charge in [0.2, 0.25) is 5.91 Å². The molecule has 2 aromatic carbocycles. The van der Waals surface area contributed by atoms with Crippen molar-refractivity contribution >= 4 is 23.4 Å². The maximum absolute atomic E-state index is 12.5. The minimum absolute atomic E-state index is 0.224. The Morgan fingerprint density at radius 1 is 1.05 bits per heavy atom. The van der Waals surface area contributed by atoms with E-state index in [0.717, 1.165) is 24.4 Å². The number of thioether (sulfide) groups is 1. The summed E-state index contributed by atoms with van der Waals surface area (Å²) in [7, 11) is 0. The molecule has 0 radical (unpaired) electrons. The van der Waals surface area contributed by atoms with Crippen LogP contribution in [0.15, 0.2) is 59.5 Å². The summed E-state index contributed by atoms with van der Waals surface area (Å²) in [5, 5.41) is 0. The monoisotopic (exact) mass is 283 g/mol. The summed E-state index contributed by atoms with van der Waals surface area (Å²) >= 11 is 1.83. The Bertz CT molecular complexity index is 597. The molecule has 0 spiro atoms. The van der Waals surface area contributed by atoms with E-state index in [2.05, 4.69) is 18.2 Å². The standard InChI is InChI=1S/C17H17NOS/c19-17(11-10-14-6-2-1-3-7-14)18-12-13-20-16-9-5-4-8-15(16)18/h1-9H,10-13H2. The average molecular weight is 283 g/mol. The molecule has 2 aromatic rings. The molecule has 0 saturated heterocycles. The van der Waals surface area contributed by atoms with Crippen LogP contribution >= 0.6 is 11.8 Å². The highest BCUT2D eigenvalue weighted by Gasteiger charge is 2.21. The third-order valence-electron chi connectivity index (χ3n) is 3.50. The van der Waals surface area contributed by atoms with E-state index in [1.54, 1.807) is 0 Å². The lowest BCUT2D eigenvalue weighted by atomic mass is 10.1. The van der Waals surface area contributed by atoms with Crippen molar-refractivity contribution in [3.8, 4) is 0 Å². The van der Waals surface area contributed by atoms with Crippen molar-refractivity contribution in [3.05, 3.63) is 60.2 Å². The number of para-hydroxylation sites is 1. The molecule has 2 nitrogen and oxygen atoms in total. The van der Waals surface area contributed by atoms with Gasteiger partial charge in [-0.25, -0.2) is 0 Å². The van der Waals surface area contributed by atoms with Crippen LogP contribution in [0.4, 0.5) is 5.69 Å². The van der Waals surface area contributed by atoms with Crippen molar-refractivity contribution in [2.24, 2.45) is 0 Å². The number of carbonyl (C=O) groups excluding carboxylic acids is 1. The van der Waals surface area contributed by atoms with E-state index in [9.17, 15) is 4.79 Å². The van der Waals surface area contributed by atoms with Crippen LogP contribution < -0.4 is 4.90 Å². The van der Waals surface area contributed by atoms with Crippen molar-refractivity contribution in [2.45, 2.75) is 17.7 Å². The predicted molar refractivity (Wildman–Crippen MR) is 84.3 cm³/mol. The van der Waals surface area contributed by atoms with Gasteiger partial charge >= 0.3 is 0 Å². The first-order chi connectivity index (χ1) is 9.84. The summed E-state index contributed by atoms with van der Waals surface area (Å²) in [5.41, 5.74) is 2.29. The van der Waals surface area contributed by atoms with E-state index < -0.39 is 0 Å². The molecular weight excluding hydrogens is 266 g/mol. The fourth-order valence-corrected chi connectivity index (χ4v) is 3.45. The van der Waals surface area contributed by atoms with Crippen LogP contribution in [-0.2, 0) is 11.2 Å². The Hall–Kier alpha value is -1.74. The van der Waals surface area contributed by atoms with E-state index in [0.29, 0.717) is 6.42 Å². The summed E-state index contributed by atoms with van der Waals surface area (Å²) in [5.74, 6) is 1.20. The van der Waals surface area contributed by atoms with E-state index in [4.69, 9.17) is 0 Å². The van der Waals surface area contributed by atoms with Crippen LogP contribution in [0.2, 0.25) is 0 Å². The molecule has 3 rings (SSSR count). The summed E-state index contributed by atoms with van der Waals surface area (Å²) < 4.78 is 0. The van der Waals surface area contributed by atoms with Crippen LogP contribution in [0.3, 0.4) is 0 Å². The molecule has 0 aliphatic carbocycles. The number of hydrogen-bond acceptors (Lipinski definition) is 2. The molecule has 1 aliphatic rings. The van der Waals surface area contributed by atoms with Crippen LogP contribution in [0, 0.1) is 0 Å². The second-order valence-corrected chi connectivity index (χ2v) is 5.98. The molecule has 1 amide bonds. The molecule has 20 heavy (non-hydrogen) atoms. The predicted octanol–water partition coefficient (Wildman–Crippen LogP) is 3.76. The first-order valence-corrected chi connectivity index (χ1v) is 7.89. The normalized spacial score (nSPS) is 13.9. The van der Waals surface area contributed by atoms with Gasteiger partial charge in [-0.3, -0.25) is 4.79 Å². The molecule has 0 fully saturated rings. The van der Waals surface area contributed by atoms with Gasteiger partial charge < -0.3 is 4.90 Å². The smallest absolute Gasteiger partial charge is 0.227 e. The molecule has 0 bridgehead atoms. The Morgan fingerprint density at radius 3 is 2.65 bits per heavy atom. The van der Waals surface area contributed by atoms with E-state index in [-0.39, 0.29) is 5.91 Å². The van der Waals surface area contributed by atoms with Gasteiger partial charge in [0.15, 0.2) is 0 Å². The first-order valence-electron chi connectivity index (χ1n) is 6.91. The largest absolute Gasteiger partial charge is 0.310 e. The fraction of sp³-hybridized carbons (Fsp3) is 0.235. The summed E-state index contributed by atoms with van der Waals surface area (Å²) in [6, 6.07) is 18.4. The van der Waals surface area contributed by atoms with Crippen LogP contribution in [0.1, 0.15) is 12.0 Å². The molecule has 0 saturated carbocycles. The molecule has 0 atom stereocenters. The zero-order valence-corrected chi connectivity index (χ0v) is 12.1. The van der Waals surface area contributed by atoms with Crippen LogP contribution in [0.5, 0.6) is 0 Å². The Balaban J connectivity index is 1.69. The third kappa shape index (κ3) is 2.88. The highest BCUT2D eigenvalue weighted by atomic mass is 32.2. The van der Waals surface area contributed by atoms with Crippen LogP contribution in [-0.4, -0.2) is 18.2 Å². The van der Waals surface area contributed by atoms with E-state index in [1.165, 1.54) is 10.5 Å². The summed E-state index contributed by atoms with van der Waals surface area (Å²) in [4.78, 5) is 15.6. The van der Waals surface area contributed by atoms with E-state index >= 15 is 0 Å². The van der Waals surface area contributed by atoms with Gasteiger partial charge in [0.1, 0.15) is 0 Å². The second-order valence-electron chi connectivity index (χ2n) is 4.85. The van der Waals surface area contributed by atoms with Crippen molar-refractivity contribution in [1.29, 1.82) is 0 Å². The van der Waals surface area contributed by atoms with Crippen molar-refractivity contribution < 1.29 is 4.79 Å². The third-order valence-corrected chi connectivity index (χ3v) is 4.54. The number of amides is 1.